The maximum Gasteiger partial charge on any atom is 0.261 e. The van der Waals surface area contributed by atoms with E-state index in [0.717, 1.165) is 5.69 Å². The first-order valence-electron chi connectivity index (χ1n) is 5.79. The van der Waals surface area contributed by atoms with Gasteiger partial charge in [-0.1, -0.05) is 20.8 Å². The predicted octanol–water partition coefficient (Wildman–Crippen LogP) is 2.18. The second kappa shape index (κ2) is 6.04. The molecule has 0 spiro atoms. The van der Waals surface area contributed by atoms with Gasteiger partial charge >= 0.3 is 0 Å². The third-order valence-electron chi connectivity index (χ3n) is 2.27. The van der Waals surface area contributed by atoms with Crippen LogP contribution in [0.5, 0.6) is 0 Å². The lowest BCUT2D eigenvalue weighted by Gasteiger charge is -2.18. The summed E-state index contributed by atoms with van der Waals surface area (Å²) in [6.45, 7) is 5.66. The molecule has 0 aliphatic rings. The molecule has 0 aliphatic heterocycles. The fraction of sp³-hybridized carbons (Fsp3) is 0.667. The molecule has 0 atom stereocenters. The molecule has 2 N–H and O–H groups in total. The van der Waals surface area contributed by atoms with Crippen LogP contribution in [0.15, 0.2) is 6.07 Å². The third-order valence-corrected chi connectivity index (χ3v) is 2.27. The summed E-state index contributed by atoms with van der Waals surface area (Å²) < 4.78 is 28.5. The van der Waals surface area contributed by atoms with E-state index in [-0.39, 0.29) is 12.0 Å². The number of nitrogens with zero attached hydrogens (tertiary/aromatic N) is 2. The van der Waals surface area contributed by atoms with Crippen LogP contribution in [0.4, 0.5) is 14.6 Å². The molecule has 6 heteroatoms. The van der Waals surface area contributed by atoms with Gasteiger partial charge in [0, 0.05) is 17.9 Å². The molecule has 102 valence electrons. The molecular formula is C12H19F2N3O. The molecule has 0 bridgehead atoms. The molecular weight excluding hydrogens is 240 g/mol. The molecule has 1 rings (SSSR count). The first kappa shape index (κ1) is 14.8. The van der Waals surface area contributed by atoms with Crippen molar-refractivity contribution < 1.29 is 13.5 Å². The van der Waals surface area contributed by atoms with Crippen LogP contribution in [0.2, 0.25) is 0 Å². The van der Waals surface area contributed by atoms with Crippen LogP contribution in [-0.4, -0.2) is 29.6 Å². The summed E-state index contributed by atoms with van der Waals surface area (Å²) in [5.41, 5.74) is 6.40. The zero-order valence-corrected chi connectivity index (χ0v) is 10.9. The number of ether oxygens (including phenoxy) is 1. The zero-order chi connectivity index (χ0) is 13.8. The lowest BCUT2D eigenvalue weighted by molar-refractivity contribution is 0.0182. The highest BCUT2D eigenvalue weighted by molar-refractivity contribution is 5.32. The number of alkyl halides is 2. The first-order chi connectivity index (χ1) is 8.29. The van der Waals surface area contributed by atoms with Gasteiger partial charge in [0.25, 0.3) is 6.43 Å². The lowest BCUT2D eigenvalue weighted by Crippen LogP contribution is -2.17. The van der Waals surface area contributed by atoms with Gasteiger partial charge in [-0.05, 0) is 0 Å². The van der Waals surface area contributed by atoms with E-state index in [0.29, 0.717) is 18.1 Å². The van der Waals surface area contributed by atoms with Gasteiger partial charge in [0.05, 0.1) is 12.3 Å². The number of nitrogens with two attached hydrogens (primary N) is 1. The number of hydrogen-bond acceptors (Lipinski definition) is 4. The van der Waals surface area contributed by atoms with Gasteiger partial charge in [-0.15, -0.1) is 0 Å². The number of hydrogen-bond donors (Lipinski definition) is 1. The van der Waals surface area contributed by atoms with Crippen molar-refractivity contribution in [3.63, 3.8) is 0 Å². The van der Waals surface area contributed by atoms with Crippen LogP contribution in [0.1, 0.15) is 32.3 Å². The monoisotopic (exact) mass is 259 g/mol. The molecule has 1 heterocycles. The molecule has 0 unspecified atom stereocenters. The highest BCUT2D eigenvalue weighted by Gasteiger charge is 2.17. The molecule has 1 aromatic heterocycles. The lowest BCUT2D eigenvalue weighted by atomic mass is 9.92. The van der Waals surface area contributed by atoms with Crippen molar-refractivity contribution in [2.75, 3.05) is 18.9 Å². The van der Waals surface area contributed by atoms with Crippen LogP contribution in [0, 0.1) is 0 Å². The zero-order valence-electron chi connectivity index (χ0n) is 10.9. The standard InChI is InChI=1S/C12H19F2N3O/c1-12(2,3)8-6-10(15)17-11(16-8)4-5-18-7-9(13)14/h6,9H,4-5,7H2,1-3H3,(H2,15,16,17). The van der Waals surface area contributed by atoms with Crippen LogP contribution in [-0.2, 0) is 16.6 Å². The Morgan fingerprint density at radius 2 is 2.00 bits per heavy atom. The van der Waals surface area contributed by atoms with E-state index in [1.807, 2.05) is 20.8 Å². The summed E-state index contributed by atoms with van der Waals surface area (Å²) in [5, 5.41) is 0. The van der Waals surface area contributed by atoms with Crippen LogP contribution < -0.4 is 5.73 Å². The van der Waals surface area contributed by atoms with E-state index in [2.05, 4.69) is 9.97 Å². The molecule has 1 aromatic rings. The Balaban J connectivity index is 2.63. The van der Waals surface area contributed by atoms with Crippen molar-refractivity contribution in [3.8, 4) is 0 Å². The van der Waals surface area contributed by atoms with E-state index < -0.39 is 13.0 Å². The quantitative estimate of drug-likeness (QED) is 0.823. The van der Waals surface area contributed by atoms with Crippen molar-refractivity contribution in [2.45, 2.75) is 39.0 Å². The molecule has 0 aromatic carbocycles. The third kappa shape index (κ3) is 4.91. The Kier molecular flexibility index (Phi) is 4.95. The fourth-order valence-electron chi connectivity index (χ4n) is 1.35. The van der Waals surface area contributed by atoms with Crippen molar-refractivity contribution in [1.82, 2.24) is 9.97 Å². The Labute approximate surface area is 106 Å². The molecule has 4 nitrogen and oxygen atoms in total. The van der Waals surface area contributed by atoms with E-state index in [1.165, 1.54) is 0 Å². The molecule has 0 radical (unpaired) electrons. The van der Waals surface area contributed by atoms with Crippen molar-refractivity contribution in [3.05, 3.63) is 17.6 Å². The summed E-state index contributed by atoms with van der Waals surface area (Å²) in [6.07, 6.45) is -2.07. The molecule has 0 saturated heterocycles. The SMILES string of the molecule is CC(C)(C)c1cc(N)nc(CCOCC(F)F)n1. The largest absolute Gasteiger partial charge is 0.384 e. The van der Waals surface area contributed by atoms with E-state index in [1.54, 1.807) is 6.07 Å². The minimum absolute atomic E-state index is 0.129. The number of aromatic nitrogens is 2. The average Bonchev–Trinajstić information content (AvgIpc) is 2.22. The second-order valence-electron chi connectivity index (χ2n) is 5.06. The first-order valence-corrected chi connectivity index (χ1v) is 5.79. The number of anilines is 1. The van der Waals surface area contributed by atoms with Gasteiger partial charge in [0.1, 0.15) is 18.2 Å². The van der Waals surface area contributed by atoms with E-state index in [4.69, 9.17) is 10.5 Å². The Hall–Kier alpha value is -1.30. The van der Waals surface area contributed by atoms with Crippen LogP contribution in [0.3, 0.4) is 0 Å². The maximum atomic E-state index is 11.9. The summed E-state index contributed by atoms with van der Waals surface area (Å²) in [7, 11) is 0. The van der Waals surface area contributed by atoms with Gasteiger partial charge in [0.15, 0.2) is 0 Å². The van der Waals surface area contributed by atoms with Crippen molar-refractivity contribution in [1.29, 1.82) is 0 Å². The van der Waals surface area contributed by atoms with Crippen molar-refractivity contribution >= 4 is 5.82 Å². The van der Waals surface area contributed by atoms with Gasteiger partial charge in [-0.3, -0.25) is 0 Å². The Morgan fingerprint density at radius 1 is 1.33 bits per heavy atom. The normalized spacial score (nSPS) is 12.1. The number of nitrogen functional groups attached to an aromatic ring is 1. The van der Waals surface area contributed by atoms with E-state index in [9.17, 15) is 8.78 Å². The van der Waals surface area contributed by atoms with E-state index >= 15 is 0 Å². The summed E-state index contributed by atoms with van der Waals surface area (Å²) in [6, 6.07) is 1.73. The van der Waals surface area contributed by atoms with Crippen molar-refractivity contribution in [2.24, 2.45) is 0 Å². The molecule has 0 amide bonds. The molecule has 18 heavy (non-hydrogen) atoms. The Bertz CT molecular complexity index is 391. The van der Waals surface area contributed by atoms with Gasteiger partial charge in [0.2, 0.25) is 0 Å². The topological polar surface area (TPSA) is 61.0 Å². The van der Waals surface area contributed by atoms with Crippen LogP contribution >= 0.6 is 0 Å². The summed E-state index contributed by atoms with van der Waals surface area (Å²) in [4.78, 5) is 8.43. The fourth-order valence-corrected chi connectivity index (χ4v) is 1.35. The van der Waals surface area contributed by atoms with Gasteiger partial charge in [-0.2, -0.15) is 0 Å². The minimum Gasteiger partial charge on any atom is -0.384 e. The average molecular weight is 259 g/mol. The summed E-state index contributed by atoms with van der Waals surface area (Å²) >= 11 is 0. The minimum atomic E-state index is -2.45. The highest BCUT2D eigenvalue weighted by atomic mass is 19.3. The van der Waals surface area contributed by atoms with Gasteiger partial charge in [-0.25, -0.2) is 18.7 Å². The summed E-state index contributed by atoms with van der Waals surface area (Å²) in [5.74, 6) is 0.910. The second-order valence-corrected chi connectivity index (χ2v) is 5.06. The predicted molar refractivity (Wildman–Crippen MR) is 65.7 cm³/mol. The molecule has 0 aliphatic carbocycles. The molecule has 0 fully saturated rings. The number of rotatable bonds is 5. The highest BCUT2D eigenvalue weighted by Crippen LogP contribution is 2.21. The Morgan fingerprint density at radius 3 is 2.56 bits per heavy atom. The maximum absolute atomic E-state index is 11.9. The smallest absolute Gasteiger partial charge is 0.261 e. The van der Waals surface area contributed by atoms with Crippen LogP contribution in [0.25, 0.3) is 0 Å². The van der Waals surface area contributed by atoms with Gasteiger partial charge < -0.3 is 10.5 Å². The number of halogens is 2. The molecule has 0 saturated carbocycles.